The second kappa shape index (κ2) is 8.39. The van der Waals surface area contributed by atoms with E-state index in [1.807, 2.05) is 0 Å². The van der Waals surface area contributed by atoms with Crippen LogP contribution in [0.25, 0.3) is 0 Å². The van der Waals surface area contributed by atoms with Gasteiger partial charge in [0, 0.05) is 12.1 Å². The van der Waals surface area contributed by atoms with Crippen LogP contribution in [0.3, 0.4) is 0 Å². The highest BCUT2D eigenvalue weighted by atomic mass is 19.1. The summed E-state index contributed by atoms with van der Waals surface area (Å²) < 4.78 is 18.7. The summed E-state index contributed by atoms with van der Waals surface area (Å²) in [6.07, 6.45) is -1.56. The number of ether oxygens (including phenoxy) is 1. The van der Waals surface area contributed by atoms with Crippen LogP contribution in [-0.4, -0.2) is 27.3 Å². The first kappa shape index (κ1) is 22.3. The fourth-order valence-electron chi connectivity index (χ4n) is 1.93. The lowest BCUT2D eigenvalue weighted by Crippen LogP contribution is -2.31. The van der Waals surface area contributed by atoms with Crippen LogP contribution in [0.1, 0.15) is 47.1 Å². The molecular weight excluding hydrogens is 333 g/mol. The summed E-state index contributed by atoms with van der Waals surface area (Å²) in [6, 6.07) is 2.67. The minimum atomic E-state index is -1.56. The van der Waals surface area contributed by atoms with E-state index in [2.05, 4.69) is 41.5 Å². The normalized spacial score (nSPS) is 11.0. The van der Waals surface area contributed by atoms with Gasteiger partial charge >= 0.3 is 6.09 Å². The predicted molar refractivity (Wildman–Crippen MR) is 90.0 cm³/mol. The molecule has 8 nitrogen and oxygen atoms in total. The van der Waals surface area contributed by atoms with Gasteiger partial charge in [-0.25, -0.2) is 9.18 Å². The van der Waals surface area contributed by atoms with E-state index in [0.717, 1.165) is 0 Å². The number of nitrogens with zero attached hydrogens (tertiary/aromatic N) is 2. The Kier molecular flexibility index (Phi) is 7.48. The minimum Gasteiger partial charge on any atom is -0.465 e. The zero-order valence-corrected chi connectivity index (χ0v) is 15.0. The summed E-state index contributed by atoms with van der Waals surface area (Å²) in [5.41, 5.74) is -1.76. The molecule has 0 heterocycles. The van der Waals surface area contributed by atoms with Crippen molar-refractivity contribution < 1.29 is 24.0 Å². The van der Waals surface area contributed by atoms with Crippen LogP contribution in [0.5, 0.6) is 0 Å². The van der Waals surface area contributed by atoms with E-state index in [1.54, 1.807) is 5.32 Å². The second-order valence-electron chi connectivity index (χ2n) is 6.98. The maximum Gasteiger partial charge on any atom is 0.409 e. The number of anilines is 1. The summed E-state index contributed by atoms with van der Waals surface area (Å²) in [7, 11) is 0. The van der Waals surface area contributed by atoms with Gasteiger partial charge in [-0.05, 0) is 41.5 Å². The smallest absolute Gasteiger partial charge is 0.409 e. The average molecular weight is 355 g/mol. The van der Waals surface area contributed by atoms with Crippen LogP contribution in [-0.2, 0) is 4.74 Å². The highest BCUT2D eigenvalue weighted by Crippen LogP contribution is 2.27. The highest BCUT2D eigenvalue weighted by molar-refractivity contribution is 5.86. The molecule has 0 fully saturated rings. The van der Waals surface area contributed by atoms with Gasteiger partial charge < -0.3 is 9.84 Å². The Labute approximate surface area is 145 Å². The molecule has 0 aromatic heterocycles. The van der Waals surface area contributed by atoms with Crippen LogP contribution in [0, 0.1) is 27.3 Å². The number of halogens is 1. The molecule has 0 unspecified atom stereocenters. The third-order valence-corrected chi connectivity index (χ3v) is 2.26. The molecule has 0 saturated heterocycles. The molecule has 0 radical (unpaired) electrons. The van der Waals surface area contributed by atoms with E-state index in [-0.39, 0.29) is 11.2 Å². The number of nitriles is 1. The summed E-state index contributed by atoms with van der Waals surface area (Å²) in [5.74, 6) is -1.03. The fraction of sp³-hybridized carbons (Fsp3) is 0.500. The molecular formula is C16H22FN3O5. The van der Waals surface area contributed by atoms with Crippen LogP contribution in [0.2, 0.25) is 0 Å². The van der Waals surface area contributed by atoms with Gasteiger partial charge in [-0.1, -0.05) is 0 Å². The molecule has 25 heavy (non-hydrogen) atoms. The zero-order chi connectivity index (χ0) is 20.0. The van der Waals surface area contributed by atoms with Crippen LogP contribution in [0.15, 0.2) is 12.1 Å². The standard InChI is InChI=1S/C8H4FN3O4.C8H18O/c9-5-2-6(11-8(13)14)7(12(15)16)1-4(5)3-10;1-7(2,3)9-8(4,5)6/h1-2,11H,(H,13,14);1-6H3. The monoisotopic (exact) mass is 355 g/mol. The lowest BCUT2D eigenvalue weighted by atomic mass is 10.1. The van der Waals surface area contributed by atoms with Crippen molar-refractivity contribution >= 4 is 17.5 Å². The van der Waals surface area contributed by atoms with Crippen molar-refractivity contribution in [2.45, 2.75) is 52.7 Å². The van der Waals surface area contributed by atoms with E-state index in [9.17, 15) is 19.3 Å². The number of carboxylic acid groups (broad SMARTS) is 1. The number of hydrogen-bond acceptors (Lipinski definition) is 5. The Bertz CT molecular complexity index is 673. The first-order valence-electron chi connectivity index (χ1n) is 7.24. The van der Waals surface area contributed by atoms with Crippen molar-refractivity contribution in [2.75, 3.05) is 5.32 Å². The Balaban J connectivity index is 0.000000547. The summed E-state index contributed by atoms with van der Waals surface area (Å²) >= 11 is 0. The van der Waals surface area contributed by atoms with Crippen molar-refractivity contribution in [3.8, 4) is 6.07 Å². The second-order valence-corrected chi connectivity index (χ2v) is 6.98. The number of benzene rings is 1. The average Bonchev–Trinajstić information content (AvgIpc) is 2.33. The maximum atomic E-state index is 13.1. The molecule has 0 aliphatic rings. The molecule has 0 bridgehead atoms. The molecule has 1 rings (SSSR count). The van der Waals surface area contributed by atoms with E-state index >= 15 is 0 Å². The molecule has 1 amide bonds. The first-order valence-corrected chi connectivity index (χ1v) is 7.24. The Morgan fingerprint density at radius 1 is 1.28 bits per heavy atom. The number of carbonyl (C=O) groups is 1. The summed E-state index contributed by atoms with van der Waals surface area (Å²) in [4.78, 5) is 19.9. The molecule has 0 atom stereocenters. The third kappa shape index (κ3) is 9.22. The van der Waals surface area contributed by atoms with E-state index < -0.39 is 33.8 Å². The van der Waals surface area contributed by atoms with Gasteiger partial charge in [0.25, 0.3) is 5.69 Å². The van der Waals surface area contributed by atoms with Gasteiger partial charge in [-0.3, -0.25) is 15.4 Å². The van der Waals surface area contributed by atoms with E-state index in [0.29, 0.717) is 12.1 Å². The van der Waals surface area contributed by atoms with Crippen molar-refractivity contribution in [1.82, 2.24) is 0 Å². The number of amides is 1. The SMILES string of the molecule is CC(C)(C)OC(C)(C)C.N#Cc1cc([N+](=O)[O-])c(NC(=O)O)cc1F. The molecule has 0 spiro atoms. The molecule has 0 aliphatic carbocycles. The van der Waals surface area contributed by atoms with Crippen LogP contribution < -0.4 is 5.32 Å². The summed E-state index contributed by atoms with van der Waals surface area (Å²) in [5, 5.41) is 29.0. The van der Waals surface area contributed by atoms with Gasteiger partial charge in [-0.15, -0.1) is 0 Å². The topological polar surface area (TPSA) is 125 Å². The van der Waals surface area contributed by atoms with Crippen molar-refractivity contribution in [3.63, 3.8) is 0 Å². The van der Waals surface area contributed by atoms with Crippen molar-refractivity contribution in [2.24, 2.45) is 0 Å². The zero-order valence-electron chi connectivity index (χ0n) is 15.0. The number of hydrogen-bond donors (Lipinski definition) is 2. The van der Waals surface area contributed by atoms with Crippen LogP contribution in [0.4, 0.5) is 20.6 Å². The molecule has 138 valence electrons. The van der Waals surface area contributed by atoms with Gasteiger partial charge in [0.15, 0.2) is 0 Å². The van der Waals surface area contributed by atoms with E-state index in [1.165, 1.54) is 6.07 Å². The lowest BCUT2D eigenvalue weighted by Gasteiger charge is -2.30. The van der Waals surface area contributed by atoms with Crippen molar-refractivity contribution in [3.05, 3.63) is 33.6 Å². The Morgan fingerprint density at radius 3 is 2.04 bits per heavy atom. The number of nitro benzene ring substituents is 1. The molecule has 0 saturated carbocycles. The predicted octanol–water partition coefficient (Wildman–Crippen LogP) is 4.30. The van der Waals surface area contributed by atoms with E-state index in [4.69, 9.17) is 15.1 Å². The molecule has 1 aromatic rings. The lowest BCUT2D eigenvalue weighted by molar-refractivity contribution is -0.384. The van der Waals surface area contributed by atoms with Gasteiger partial charge in [0.2, 0.25) is 0 Å². The maximum absolute atomic E-state index is 13.1. The van der Waals surface area contributed by atoms with Gasteiger partial charge in [0.05, 0.1) is 21.7 Å². The molecule has 1 aromatic carbocycles. The third-order valence-electron chi connectivity index (χ3n) is 2.26. The summed E-state index contributed by atoms with van der Waals surface area (Å²) in [6.45, 7) is 12.4. The number of nitrogens with one attached hydrogen (secondary N) is 1. The van der Waals surface area contributed by atoms with Crippen LogP contribution >= 0.6 is 0 Å². The Morgan fingerprint density at radius 2 is 1.76 bits per heavy atom. The quantitative estimate of drug-likeness (QED) is 0.602. The first-order chi connectivity index (χ1) is 11.2. The Hall–Kier alpha value is -2.73. The molecule has 9 heteroatoms. The largest absolute Gasteiger partial charge is 0.465 e. The number of rotatable bonds is 2. The molecule has 0 aliphatic heterocycles. The fourth-order valence-corrected chi connectivity index (χ4v) is 1.93. The number of nitro groups is 1. The molecule has 2 N–H and O–H groups in total. The van der Waals surface area contributed by atoms with Gasteiger partial charge in [0.1, 0.15) is 17.6 Å². The minimum absolute atomic E-state index is 0.0156. The van der Waals surface area contributed by atoms with Gasteiger partial charge in [-0.2, -0.15) is 5.26 Å². The highest BCUT2D eigenvalue weighted by Gasteiger charge is 2.20. The van der Waals surface area contributed by atoms with Crippen molar-refractivity contribution in [1.29, 1.82) is 5.26 Å².